The van der Waals surface area contributed by atoms with Crippen LogP contribution in [0.4, 0.5) is 0 Å². The first-order chi connectivity index (χ1) is 11.2. The molecule has 2 N–H and O–H groups in total. The number of likely N-dealkylation sites (N-methyl/N-ethyl adjacent to an activating group) is 1. The molecular weight excluding hydrogens is 308 g/mol. The molecule has 0 saturated carbocycles. The van der Waals surface area contributed by atoms with Crippen molar-refractivity contribution in [3.8, 4) is 0 Å². The Morgan fingerprint density at radius 1 is 1.30 bits per heavy atom. The fourth-order valence-corrected chi connectivity index (χ4v) is 3.46. The fourth-order valence-electron chi connectivity index (χ4n) is 2.75. The lowest BCUT2D eigenvalue weighted by Crippen LogP contribution is -2.35. The molecule has 2 aromatic rings. The maximum absolute atomic E-state index is 11.0. The Kier molecular flexibility index (Phi) is 6.77. The molecule has 1 aromatic carbocycles. The van der Waals surface area contributed by atoms with Crippen LogP contribution in [0.2, 0.25) is 0 Å². The molecule has 1 atom stereocenters. The van der Waals surface area contributed by atoms with Crippen LogP contribution in [0.15, 0.2) is 41.1 Å². The number of carbonyl (C=O) groups is 1. The molecule has 23 heavy (non-hydrogen) atoms. The standard InChI is InChI=1S/C18H24N2O2S/c1-3-20(4-2)17(16-8-9-23-13-16)12-19-11-14-6-5-7-15(10-14)18(21)22/h5-10,13,17,19H,3-4,11-12H2,1-2H3,(H,21,22). The summed E-state index contributed by atoms with van der Waals surface area (Å²) in [4.78, 5) is 13.5. The molecule has 0 aliphatic heterocycles. The van der Waals surface area contributed by atoms with Gasteiger partial charge in [-0.25, -0.2) is 4.79 Å². The molecule has 0 aliphatic rings. The highest BCUT2D eigenvalue weighted by Crippen LogP contribution is 2.22. The summed E-state index contributed by atoms with van der Waals surface area (Å²) in [5.74, 6) is -0.883. The van der Waals surface area contributed by atoms with E-state index in [2.05, 4.69) is 40.9 Å². The minimum Gasteiger partial charge on any atom is -0.478 e. The predicted molar refractivity (Wildman–Crippen MR) is 95.1 cm³/mol. The van der Waals surface area contributed by atoms with Gasteiger partial charge in [0.25, 0.3) is 0 Å². The van der Waals surface area contributed by atoms with E-state index in [4.69, 9.17) is 5.11 Å². The minimum absolute atomic E-state index is 0.336. The van der Waals surface area contributed by atoms with Gasteiger partial charge in [0.1, 0.15) is 0 Å². The number of rotatable bonds is 9. The quantitative estimate of drug-likeness (QED) is 0.736. The average molecular weight is 332 g/mol. The molecule has 0 aliphatic carbocycles. The summed E-state index contributed by atoms with van der Waals surface area (Å²) >= 11 is 1.72. The minimum atomic E-state index is -0.883. The van der Waals surface area contributed by atoms with Gasteiger partial charge in [-0.1, -0.05) is 26.0 Å². The average Bonchev–Trinajstić information content (AvgIpc) is 3.09. The summed E-state index contributed by atoms with van der Waals surface area (Å²) in [6.45, 7) is 7.89. The molecule has 0 radical (unpaired) electrons. The van der Waals surface area contributed by atoms with Gasteiger partial charge in [0, 0.05) is 19.1 Å². The van der Waals surface area contributed by atoms with Gasteiger partial charge in [0.05, 0.1) is 5.56 Å². The van der Waals surface area contributed by atoms with Crippen LogP contribution in [0.3, 0.4) is 0 Å². The predicted octanol–water partition coefficient (Wildman–Crippen LogP) is 3.62. The Labute approximate surface area is 141 Å². The fraction of sp³-hybridized carbons (Fsp3) is 0.389. The Morgan fingerprint density at radius 3 is 2.70 bits per heavy atom. The van der Waals surface area contributed by atoms with Gasteiger partial charge in [-0.05, 0) is 53.2 Å². The van der Waals surface area contributed by atoms with Crippen molar-refractivity contribution in [3.05, 3.63) is 57.8 Å². The van der Waals surface area contributed by atoms with Gasteiger partial charge in [0.15, 0.2) is 0 Å². The molecule has 0 fully saturated rings. The Balaban J connectivity index is 1.99. The second-order valence-corrected chi connectivity index (χ2v) is 6.21. The first-order valence-electron chi connectivity index (χ1n) is 7.94. The summed E-state index contributed by atoms with van der Waals surface area (Å²) in [6, 6.07) is 9.62. The van der Waals surface area contributed by atoms with Crippen molar-refractivity contribution in [1.29, 1.82) is 0 Å². The zero-order chi connectivity index (χ0) is 16.7. The van der Waals surface area contributed by atoms with E-state index in [1.165, 1.54) is 5.56 Å². The van der Waals surface area contributed by atoms with Crippen LogP contribution in [-0.4, -0.2) is 35.6 Å². The van der Waals surface area contributed by atoms with Crippen LogP contribution in [0, 0.1) is 0 Å². The van der Waals surface area contributed by atoms with E-state index in [0.29, 0.717) is 18.2 Å². The van der Waals surface area contributed by atoms with Crippen LogP contribution < -0.4 is 5.32 Å². The number of carboxylic acids is 1. The zero-order valence-electron chi connectivity index (χ0n) is 13.7. The molecule has 1 aromatic heterocycles. The smallest absolute Gasteiger partial charge is 0.335 e. The second-order valence-electron chi connectivity index (χ2n) is 5.43. The van der Waals surface area contributed by atoms with Crippen LogP contribution in [-0.2, 0) is 6.54 Å². The van der Waals surface area contributed by atoms with E-state index < -0.39 is 5.97 Å². The summed E-state index contributed by atoms with van der Waals surface area (Å²) in [7, 11) is 0. The third kappa shape index (κ3) is 4.89. The van der Waals surface area contributed by atoms with Gasteiger partial charge in [-0.15, -0.1) is 0 Å². The first kappa shape index (κ1) is 17.7. The summed E-state index contributed by atoms with van der Waals surface area (Å²) in [6.07, 6.45) is 0. The van der Waals surface area contributed by atoms with Gasteiger partial charge >= 0.3 is 5.97 Å². The van der Waals surface area contributed by atoms with Crippen molar-refractivity contribution >= 4 is 17.3 Å². The molecule has 2 rings (SSSR count). The van der Waals surface area contributed by atoms with E-state index in [-0.39, 0.29) is 0 Å². The van der Waals surface area contributed by atoms with Gasteiger partial charge in [0.2, 0.25) is 0 Å². The van der Waals surface area contributed by atoms with Crippen LogP contribution in [0.5, 0.6) is 0 Å². The van der Waals surface area contributed by atoms with Crippen molar-refractivity contribution in [2.75, 3.05) is 19.6 Å². The molecule has 0 bridgehead atoms. The Morgan fingerprint density at radius 2 is 2.09 bits per heavy atom. The number of aromatic carboxylic acids is 1. The van der Waals surface area contributed by atoms with Crippen molar-refractivity contribution in [2.24, 2.45) is 0 Å². The number of hydrogen-bond donors (Lipinski definition) is 2. The molecule has 0 saturated heterocycles. The van der Waals surface area contributed by atoms with Crippen molar-refractivity contribution in [2.45, 2.75) is 26.4 Å². The largest absolute Gasteiger partial charge is 0.478 e. The molecule has 1 heterocycles. The second kappa shape index (κ2) is 8.82. The van der Waals surface area contributed by atoms with E-state index in [9.17, 15) is 4.79 Å². The van der Waals surface area contributed by atoms with Crippen LogP contribution in [0.1, 0.15) is 41.4 Å². The highest BCUT2D eigenvalue weighted by Gasteiger charge is 2.17. The van der Waals surface area contributed by atoms with E-state index in [1.54, 1.807) is 29.5 Å². The molecule has 5 heteroatoms. The van der Waals surface area contributed by atoms with Crippen LogP contribution in [0.25, 0.3) is 0 Å². The normalized spacial score (nSPS) is 12.5. The van der Waals surface area contributed by atoms with E-state index >= 15 is 0 Å². The Hall–Kier alpha value is -1.69. The number of thiophene rings is 1. The molecule has 1 unspecified atom stereocenters. The third-order valence-corrected chi connectivity index (χ3v) is 4.72. The lowest BCUT2D eigenvalue weighted by Gasteiger charge is -2.29. The lowest BCUT2D eigenvalue weighted by molar-refractivity contribution is 0.0696. The van der Waals surface area contributed by atoms with Gasteiger partial charge in [-0.2, -0.15) is 11.3 Å². The molecule has 0 amide bonds. The van der Waals surface area contributed by atoms with E-state index in [1.807, 2.05) is 6.07 Å². The Bertz CT molecular complexity index is 609. The molecule has 0 spiro atoms. The number of benzene rings is 1. The summed E-state index contributed by atoms with van der Waals surface area (Å²) in [5, 5.41) is 16.9. The van der Waals surface area contributed by atoms with Gasteiger partial charge < -0.3 is 10.4 Å². The molecule has 124 valence electrons. The highest BCUT2D eigenvalue weighted by atomic mass is 32.1. The first-order valence-corrected chi connectivity index (χ1v) is 8.89. The number of nitrogens with zero attached hydrogens (tertiary/aromatic N) is 1. The molecule has 4 nitrogen and oxygen atoms in total. The monoisotopic (exact) mass is 332 g/mol. The maximum atomic E-state index is 11.0. The lowest BCUT2D eigenvalue weighted by atomic mass is 10.1. The summed E-state index contributed by atoms with van der Waals surface area (Å²) in [5.41, 5.74) is 2.67. The molecular formula is C18H24N2O2S. The van der Waals surface area contributed by atoms with Crippen molar-refractivity contribution in [3.63, 3.8) is 0 Å². The number of carboxylic acid groups (broad SMARTS) is 1. The topological polar surface area (TPSA) is 52.6 Å². The highest BCUT2D eigenvalue weighted by molar-refractivity contribution is 7.07. The van der Waals surface area contributed by atoms with E-state index in [0.717, 1.165) is 25.2 Å². The van der Waals surface area contributed by atoms with Crippen molar-refractivity contribution < 1.29 is 9.90 Å². The number of hydrogen-bond acceptors (Lipinski definition) is 4. The zero-order valence-corrected chi connectivity index (χ0v) is 14.5. The number of nitrogens with one attached hydrogen (secondary N) is 1. The van der Waals surface area contributed by atoms with Gasteiger partial charge in [-0.3, -0.25) is 4.90 Å². The summed E-state index contributed by atoms with van der Waals surface area (Å²) < 4.78 is 0. The van der Waals surface area contributed by atoms with Crippen LogP contribution >= 0.6 is 11.3 Å². The maximum Gasteiger partial charge on any atom is 0.335 e. The SMILES string of the molecule is CCN(CC)C(CNCc1cccc(C(=O)O)c1)c1ccsc1. The van der Waals surface area contributed by atoms with Crippen molar-refractivity contribution in [1.82, 2.24) is 10.2 Å². The third-order valence-electron chi connectivity index (χ3n) is 4.02.